The molecular weight excluding hydrogens is 349 g/mol. The second-order valence-electron chi connectivity index (χ2n) is 6.59. The van der Waals surface area contributed by atoms with Gasteiger partial charge in [0.15, 0.2) is 11.4 Å². The van der Waals surface area contributed by atoms with Gasteiger partial charge in [0.05, 0.1) is 25.1 Å². The van der Waals surface area contributed by atoms with Crippen molar-refractivity contribution in [2.45, 2.75) is 12.2 Å². The topological polar surface area (TPSA) is 73.2 Å². The number of rotatable bonds is 4. The third-order valence-electron chi connectivity index (χ3n) is 4.78. The number of benzene rings is 2. The molecule has 2 aromatic carbocycles. The molecule has 138 valence electrons. The van der Waals surface area contributed by atoms with E-state index < -0.39 is 5.67 Å². The van der Waals surface area contributed by atoms with Gasteiger partial charge in [-0.1, -0.05) is 42.5 Å². The van der Waals surface area contributed by atoms with E-state index in [9.17, 15) is 14.0 Å². The van der Waals surface area contributed by atoms with Crippen LogP contribution in [0.25, 0.3) is 10.8 Å². The summed E-state index contributed by atoms with van der Waals surface area (Å²) in [6.45, 7) is 0.310. The number of nitrogens with one attached hydrogen (secondary N) is 1. The minimum absolute atomic E-state index is 0.0630. The van der Waals surface area contributed by atoms with Gasteiger partial charge in [-0.3, -0.25) is 9.59 Å². The van der Waals surface area contributed by atoms with Crippen LogP contribution >= 0.6 is 0 Å². The molecule has 1 aromatic heterocycles. The highest BCUT2D eigenvalue weighted by Gasteiger charge is 2.40. The lowest BCUT2D eigenvalue weighted by atomic mass is 9.93. The molecule has 0 spiro atoms. The fourth-order valence-electron chi connectivity index (χ4n) is 3.16. The summed E-state index contributed by atoms with van der Waals surface area (Å²) in [6, 6.07) is 13.8. The Kier molecular flexibility index (Phi) is 4.24. The smallest absolute Gasteiger partial charge is 0.274 e. The minimum Gasteiger partial charge on any atom is -0.374 e. The molecule has 1 aliphatic heterocycles. The molecule has 1 saturated heterocycles. The van der Waals surface area contributed by atoms with Gasteiger partial charge in [-0.25, -0.2) is 9.07 Å². The molecule has 1 N–H and O–H groups in total. The van der Waals surface area contributed by atoms with E-state index in [0.29, 0.717) is 16.3 Å². The average Bonchev–Trinajstić information content (AvgIpc) is 2.68. The van der Waals surface area contributed by atoms with Gasteiger partial charge >= 0.3 is 0 Å². The van der Waals surface area contributed by atoms with Gasteiger partial charge in [-0.15, -0.1) is 0 Å². The quantitative estimate of drug-likeness (QED) is 0.766. The fourth-order valence-corrected chi connectivity index (χ4v) is 3.16. The predicted octanol–water partition coefficient (Wildman–Crippen LogP) is 2.00. The normalized spacial score (nSPS) is 15.3. The standard InChI is InChI=1S/C20H18FN3O3/c1-22-18(25)17-15-4-2-3-5-16(15)19(26)24(23-17)10-13-6-8-14(9-7-13)20(21)11-27-12-20/h2-9H,10-12H2,1H3,(H,22,25). The van der Waals surface area contributed by atoms with E-state index in [1.165, 1.54) is 11.7 Å². The van der Waals surface area contributed by atoms with Crippen LogP contribution in [-0.2, 0) is 17.0 Å². The molecule has 0 atom stereocenters. The fraction of sp³-hybridized carbons (Fsp3) is 0.250. The van der Waals surface area contributed by atoms with E-state index in [4.69, 9.17) is 4.74 Å². The van der Waals surface area contributed by atoms with E-state index >= 15 is 0 Å². The van der Waals surface area contributed by atoms with Crippen molar-refractivity contribution in [3.63, 3.8) is 0 Å². The maximum atomic E-state index is 14.4. The molecule has 0 saturated carbocycles. The Morgan fingerprint density at radius 3 is 2.44 bits per heavy atom. The van der Waals surface area contributed by atoms with E-state index in [-0.39, 0.29) is 36.9 Å². The molecule has 0 unspecified atom stereocenters. The summed E-state index contributed by atoms with van der Waals surface area (Å²) in [5.41, 5.74) is -0.170. The van der Waals surface area contributed by atoms with Crippen molar-refractivity contribution in [3.8, 4) is 0 Å². The maximum Gasteiger partial charge on any atom is 0.274 e. The number of carbonyl (C=O) groups excluding carboxylic acids is 1. The molecule has 7 heteroatoms. The number of hydrogen-bond acceptors (Lipinski definition) is 4. The van der Waals surface area contributed by atoms with Crippen LogP contribution in [0.15, 0.2) is 53.3 Å². The van der Waals surface area contributed by atoms with Crippen LogP contribution in [0.4, 0.5) is 4.39 Å². The predicted molar refractivity (Wildman–Crippen MR) is 98.5 cm³/mol. The first-order chi connectivity index (χ1) is 13.0. The number of alkyl halides is 1. The summed E-state index contributed by atoms with van der Waals surface area (Å²) in [7, 11) is 1.52. The molecule has 27 heavy (non-hydrogen) atoms. The molecule has 2 heterocycles. The highest BCUT2D eigenvalue weighted by Crippen LogP contribution is 2.33. The number of halogens is 1. The maximum absolute atomic E-state index is 14.4. The Bertz CT molecular complexity index is 1070. The second-order valence-corrected chi connectivity index (χ2v) is 6.59. The van der Waals surface area contributed by atoms with Crippen molar-refractivity contribution in [2.75, 3.05) is 20.3 Å². The summed E-state index contributed by atoms with van der Waals surface area (Å²) < 4.78 is 20.6. The lowest BCUT2D eigenvalue weighted by Gasteiger charge is -2.34. The molecule has 1 fully saturated rings. The van der Waals surface area contributed by atoms with Crippen LogP contribution < -0.4 is 10.9 Å². The second kappa shape index (κ2) is 6.59. The number of aromatic nitrogens is 2. The van der Waals surface area contributed by atoms with Crippen LogP contribution in [0.5, 0.6) is 0 Å². The molecule has 1 aliphatic rings. The number of carbonyl (C=O) groups is 1. The van der Waals surface area contributed by atoms with Crippen molar-refractivity contribution < 1.29 is 13.9 Å². The molecule has 3 aromatic rings. The lowest BCUT2D eigenvalue weighted by molar-refractivity contribution is -0.135. The van der Waals surface area contributed by atoms with Gasteiger partial charge in [0.25, 0.3) is 11.5 Å². The molecule has 6 nitrogen and oxygen atoms in total. The van der Waals surface area contributed by atoms with Gasteiger partial charge in [0, 0.05) is 12.4 Å². The van der Waals surface area contributed by atoms with Crippen LogP contribution in [-0.4, -0.2) is 35.9 Å². The number of ether oxygens (including phenoxy) is 1. The summed E-state index contributed by atoms with van der Waals surface area (Å²) >= 11 is 0. The third kappa shape index (κ3) is 3.00. The SMILES string of the molecule is CNC(=O)c1nn(Cc2ccc(C3(F)COC3)cc2)c(=O)c2ccccc12. The number of amides is 1. The zero-order valence-corrected chi connectivity index (χ0v) is 14.7. The van der Waals surface area contributed by atoms with Crippen molar-refractivity contribution in [2.24, 2.45) is 0 Å². The highest BCUT2D eigenvalue weighted by atomic mass is 19.1. The summed E-state index contributed by atoms with van der Waals surface area (Å²) in [5, 5.41) is 7.75. The molecule has 0 radical (unpaired) electrons. The first kappa shape index (κ1) is 17.4. The van der Waals surface area contributed by atoms with Crippen LogP contribution in [0.3, 0.4) is 0 Å². The van der Waals surface area contributed by atoms with Crippen molar-refractivity contribution >= 4 is 16.7 Å². The van der Waals surface area contributed by atoms with E-state index in [0.717, 1.165) is 5.56 Å². The first-order valence-electron chi connectivity index (χ1n) is 8.60. The molecule has 1 amide bonds. The van der Waals surface area contributed by atoms with Gasteiger partial charge in [0.1, 0.15) is 0 Å². The van der Waals surface area contributed by atoms with E-state index in [1.54, 1.807) is 48.5 Å². The summed E-state index contributed by atoms with van der Waals surface area (Å²) in [4.78, 5) is 25.0. The molecule has 4 rings (SSSR count). The van der Waals surface area contributed by atoms with Gasteiger partial charge in [0.2, 0.25) is 0 Å². The number of fused-ring (bicyclic) bond motifs is 1. The van der Waals surface area contributed by atoms with E-state index in [2.05, 4.69) is 10.4 Å². The summed E-state index contributed by atoms with van der Waals surface area (Å²) in [6.07, 6.45) is 0. The first-order valence-corrected chi connectivity index (χ1v) is 8.60. The number of hydrogen-bond donors (Lipinski definition) is 1. The lowest BCUT2D eigenvalue weighted by Crippen LogP contribution is -2.42. The number of nitrogens with zero attached hydrogens (tertiary/aromatic N) is 2. The van der Waals surface area contributed by atoms with Crippen molar-refractivity contribution in [3.05, 3.63) is 75.7 Å². The van der Waals surface area contributed by atoms with E-state index in [1.807, 2.05) is 0 Å². The molecular formula is C20H18FN3O3. The monoisotopic (exact) mass is 367 g/mol. The van der Waals surface area contributed by atoms with Gasteiger partial charge < -0.3 is 10.1 Å². The van der Waals surface area contributed by atoms with Crippen LogP contribution in [0.2, 0.25) is 0 Å². The van der Waals surface area contributed by atoms with Crippen molar-refractivity contribution in [1.29, 1.82) is 0 Å². The largest absolute Gasteiger partial charge is 0.374 e. The summed E-state index contributed by atoms with van der Waals surface area (Å²) in [5.74, 6) is -0.361. The molecule has 0 aliphatic carbocycles. The Labute approximate surface area is 154 Å². The Balaban J connectivity index is 1.72. The Morgan fingerprint density at radius 2 is 1.85 bits per heavy atom. The van der Waals surface area contributed by atoms with Crippen LogP contribution in [0.1, 0.15) is 21.6 Å². The Morgan fingerprint density at radius 1 is 1.19 bits per heavy atom. The van der Waals surface area contributed by atoms with Crippen molar-refractivity contribution in [1.82, 2.24) is 15.1 Å². The zero-order chi connectivity index (χ0) is 19.0. The van der Waals surface area contributed by atoms with Gasteiger partial charge in [-0.05, 0) is 17.2 Å². The minimum atomic E-state index is -1.43. The third-order valence-corrected chi connectivity index (χ3v) is 4.78. The van der Waals surface area contributed by atoms with Gasteiger partial charge in [-0.2, -0.15) is 5.10 Å². The zero-order valence-electron chi connectivity index (χ0n) is 14.7. The molecule has 0 bridgehead atoms. The Hall–Kier alpha value is -3.06. The van der Waals surface area contributed by atoms with Crippen LogP contribution in [0, 0.1) is 0 Å². The highest BCUT2D eigenvalue weighted by molar-refractivity contribution is 6.04. The average molecular weight is 367 g/mol.